The number of hydrogen-bond donors (Lipinski definition) is 0. The van der Waals surface area contributed by atoms with Crippen molar-refractivity contribution in [3.05, 3.63) is 63.8 Å². The number of carbonyl (C=O) groups is 1. The van der Waals surface area contributed by atoms with E-state index in [1.165, 1.54) is 27.2 Å². The molecule has 0 spiro atoms. The molecule has 0 atom stereocenters. The molecule has 160 valence electrons. The molecule has 3 aromatic rings. The van der Waals surface area contributed by atoms with Gasteiger partial charge in [0.15, 0.2) is 0 Å². The Balaban J connectivity index is 1.86. The molecule has 0 aliphatic carbocycles. The van der Waals surface area contributed by atoms with E-state index in [1.807, 2.05) is 13.0 Å². The second-order valence-electron chi connectivity index (χ2n) is 6.93. The van der Waals surface area contributed by atoms with Crippen LogP contribution in [0.3, 0.4) is 0 Å². The highest BCUT2D eigenvalue weighted by Gasteiger charge is 2.26. The van der Waals surface area contributed by atoms with Gasteiger partial charge in [-0.25, -0.2) is 18.0 Å². The van der Waals surface area contributed by atoms with Crippen molar-refractivity contribution in [2.24, 2.45) is 7.05 Å². The number of nitrogens with zero attached hydrogens (tertiary/aromatic N) is 2. The summed E-state index contributed by atoms with van der Waals surface area (Å²) in [4.78, 5) is 24.5. The van der Waals surface area contributed by atoms with E-state index in [0.29, 0.717) is 29.6 Å². The minimum absolute atomic E-state index is 0.0296. The Hall–Kier alpha value is -2.91. The molecular formula is C21H24N2O6S. The third-order valence-electron chi connectivity index (χ3n) is 4.88. The number of fused-ring (bicyclic) bond motifs is 1. The van der Waals surface area contributed by atoms with Crippen LogP contribution in [0.15, 0.2) is 50.6 Å². The van der Waals surface area contributed by atoms with E-state index in [2.05, 4.69) is 0 Å². The van der Waals surface area contributed by atoms with E-state index in [1.54, 1.807) is 33.0 Å². The van der Waals surface area contributed by atoms with Crippen LogP contribution in [0.2, 0.25) is 0 Å². The molecule has 0 unspecified atom stereocenters. The first-order valence-corrected chi connectivity index (χ1v) is 11.0. The van der Waals surface area contributed by atoms with E-state index in [0.717, 1.165) is 5.56 Å². The van der Waals surface area contributed by atoms with Crippen LogP contribution in [0.1, 0.15) is 35.5 Å². The summed E-state index contributed by atoms with van der Waals surface area (Å²) in [6.07, 6.45) is 1.39. The molecule has 0 N–H and O–H groups in total. The van der Waals surface area contributed by atoms with Crippen LogP contribution in [0.5, 0.6) is 0 Å². The van der Waals surface area contributed by atoms with Crippen LogP contribution in [-0.4, -0.2) is 36.3 Å². The van der Waals surface area contributed by atoms with Gasteiger partial charge in [-0.1, -0.05) is 26.0 Å². The Morgan fingerprint density at radius 1 is 1.17 bits per heavy atom. The van der Waals surface area contributed by atoms with Crippen molar-refractivity contribution >= 4 is 27.0 Å². The molecule has 3 rings (SSSR count). The molecule has 30 heavy (non-hydrogen) atoms. The van der Waals surface area contributed by atoms with Gasteiger partial charge < -0.3 is 13.7 Å². The first-order valence-electron chi connectivity index (χ1n) is 9.54. The minimum atomic E-state index is -3.69. The van der Waals surface area contributed by atoms with Gasteiger partial charge in [0.25, 0.3) is 0 Å². The molecule has 0 saturated heterocycles. The monoisotopic (exact) mass is 432 g/mol. The summed E-state index contributed by atoms with van der Waals surface area (Å²) in [5, 5.41) is 0.671. The van der Waals surface area contributed by atoms with Crippen LogP contribution in [0.4, 0.5) is 0 Å². The zero-order chi connectivity index (χ0) is 22.1. The highest BCUT2D eigenvalue weighted by atomic mass is 32.2. The van der Waals surface area contributed by atoms with Crippen LogP contribution >= 0.6 is 0 Å². The SMILES string of the molecule is CCN(CC)S(=O)(=O)c1cc(C(=O)OCc2cc(=O)oc3cc(C)ccc23)n(C)c1. The number of sulfonamides is 1. The van der Waals surface area contributed by atoms with Gasteiger partial charge in [-0.3, -0.25) is 0 Å². The summed E-state index contributed by atoms with van der Waals surface area (Å²) in [5.74, 6) is -0.688. The predicted molar refractivity (Wildman–Crippen MR) is 112 cm³/mol. The molecule has 0 amide bonds. The maximum absolute atomic E-state index is 12.7. The van der Waals surface area contributed by atoms with Gasteiger partial charge in [0.05, 0.1) is 0 Å². The fraction of sp³-hybridized carbons (Fsp3) is 0.333. The number of aromatic nitrogens is 1. The van der Waals surface area contributed by atoms with Crippen molar-refractivity contribution in [1.82, 2.24) is 8.87 Å². The number of hydrogen-bond acceptors (Lipinski definition) is 6. The summed E-state index contributed by atoms with van der Waals surface area (Å²) >= 11 is 0. The average molecular weight is 432 g/mol. The fourth-order valence-corrected chi connectivity index (χ4v) is 4.79. The number of aryl methyl sites for hydroxylation is 2. The van der Waals surface area contributed by atoms with Crippen molar-refractivity contribution in [2.75, 3.05) is 13.1 Å². The minimum Gasteiger partial charge on any atom is -0.456 e. The quantitative estimate of drug-likeness (QED) is 0.421. The first-order chi connectivity index (χ1) is 14.2. The van der Waals surface area contributed by atoms with Crippen LogP contribution in [-0.2, 0) is 28.4 Å². The fourth-order valence-electron chi connectivity index (χ4n) is 3.26. The third kappa shape index (κ3) is 4.17. The first kappa shape index (κ1) is 21.8. The van der Waals surface area contributed by atoms with Crippen molar-refractivity contribution in [3.63, 3.8) is 0 Å². The van der Waals surface area contributed by atoms with Crippen molar-refractivity contribution < 1.29 is 22.4 Å². The topological polar surface area (TPSA) is 98.8 Å². The molecule has 0 fully saturated rings. The molecule has 0 aliphatic heterocycles. The van der Waals surface area contributed by atoms with Gasteiger partial charge >= 0.3 is 11.6 Å². The summed E-state index contributed by atoms with van der Waals surface area (Å²) in [6.45, 7) is 5.90. The van der Waals surface area contributed by atoms with Crippen molar-refractivity contribution in [2.45, 2.75) is 32.3 Å². The van der Waals surface area contributed by atoms with Crippen LogP contribution in [0, 0.1) is 6.92 Å². The van der Waals surface area contributed by atoms with Gasteiger partial charge in [-0.2, -0.15) is 4.31 Å². The lowest BCUT2D eigenvalue weighted by molar-refractivity contribution is 0.0462. The van der Waals surface area contributed by atoms with E-state index in [4.69, 9.17) is 9.15 Å². The molecule has 1 aromatic carbocycles. The maximum atomic E-state index is 12.7. The van der Waals surface area contributed by atoms with E-state index >= 15 is 0 Å². The van der Waals surface area contributed by atoms with Gasteiger partial charge in [-0.15, -0.1) is 0 Å². The molecule has 8 nitrogen and oxygen atoms in total. The molecule has 0 bridgehead atoms. The third-order valence-corrected chi connectivity index (χ3v) is 6.89. The Kier molecular flexibility index (Phi) is 6.14. The smallest absolute Gasteiger partial charge is 0.355 e. The highest BCUT2D eigenvalue weighted by molar-refractivity contribution is 7.89. The number of ether oxygens (including phenoxy) is 1. The lowest BCUT2D eigenvalue weighted by Gasteiger charge is -2.17. The molecule has 0 saturated carbocycles. The van der Waals surface area contributed by atoms with Crippen molar-refractivity contribution in [1.29, 1.82) is 0 Å². The summed E-state index contributed by atoms with van der Waals surface area (Å²) < 4.78 is 38.7. The summed E-state index contributed by atoms with van der Waals surface area (Å²) in [6, 6.07) is 8.00. The van der Waals surface area contributed by atoms with Gasteiger partial charge in [0.1, 0.15) is 22.8 Å². The normalized spacial score (nSPS) is 11.9. The largest absolute Gasteiger partial charge is 0.456 e. The molecule has 0 radical (unpaired) electrons. The second kappa shape index (κ2) is 8.45. The summed E-state index contributed by atoms with van der Waals surface area (Å²) in [5.41, 5.74) is 1.43. The van der Waals surface area contributed by atoms with Crippen LogP contribution < -0.4 is 5.63 Å². The molecule has 0 aliphatic rings. The average Bonchev–Trinajstić information content (AvgIpc) is 3.08. The standard InChI is InChI=1S/C21H24N2O6S/c1-5-23(6-2)30(26,27)16-11-18(22(4)12-16)21(25)28-13-15-10-20(24)29-19-9-14(3)7-8-17(15)19/h7-12H,5-6,13H2,1-4H3. The lowest BCUT2D eigenvalue weighted by atomic mass is 10.1. The van der Waals surface area contributed by atoms with E-state index < -0.39 is 21.6 Å². The number of rotatable bonds is 7. The van der Waals surface area contributed by atoms with E-state index in [9.17, 15) is 18.0 Å². The number of carbonyl (C=O) groups excluding carboxylic acids is 1. The van der Waals surface area contributed by atoms with Gasteiger partial charge in [0, 0.05) is 43.4 Å². The Bertz CT molecular complexity index is 1250. The predicted octanol–water partition coefficient (Wildman–Crippen LogP) is 2.83. The number of esters is 1. The zero-order valence-electron chi connectivity index (χ0n) is 17.3. The van der Waals surface area contributed by atoms with Crippen LogP contribution in [0.25, 0.3) is 11.0 Å². The lowest BCUT2D eigenvalue weighted by Crippen LogP contribution is -2.30. The Morgan fingerprint density at radius 2 is 1.87 bits per heavy atom. The maximum Gasteiger partial charge on any atom is 0.355 e. The number of benzene rings is 1. The molecular weight excluding hydrogens is 408 g/mol. The Morgan fingerprint density at radius 3 is 2.53 bits per heavy atom. The molecule has 2 aromatic heterocycles. The summed E-state index contributed by atoms with van der Waals surface area (Å²) in [7, 11) is -2.11. The highest BCUT2D eigenvalue weighted by Crippen LogP contribution is 2.21. The zero-order valence-corrected chi connectivity index (χ0v) is 18.2. The van der Waals surface area contributed by atoms with E-state index in [-0.39, 0.29) is 17.2 Å². The van der Waals surface area contributed by atoms with Crippen molar-refractivity contribution in [3.8, 4) is 0 Å². The van der Waals surface area contributed by atoms with Gasteiger partial charge in [-0.05, 0) is 24.6 Å². The Labute approximate surface area is 174 Å². The molecule has 9 heteroatoms. The van der Waals surface area contributed by atoms with Gasteiger partial charge in [0.2, 0.25) is 10.0 Å². The molecule has 2 heterocycles. The second-order valence-corrected chi connectivity index (χ2v) is 8.87.